The summed E-state index contributed by atoms with van der Waals surface area (Å²) in [6, 6.07) is 11.2. The van der Waals surface area contributed by atoms with Gasteiger partial charge in [0.1, 0.15) is 24.1 Å². The summed E-state index contributed by atoms with van der Waals surface area (Å²) in [7, 11) is 0. The maximum Gasteiger partial charge on any atom is 0.147 e. The summed E-state index contributed by atoms with van der Waals surface area (Å²) in [5.41, 5.74) is 7.63. The van der Waals surface area contributed by atoms with Crippen LogP contribution in [0.25, 0.3) is 0 Å². The Labute approximate surface area is 122 Å². The van der Waals surface area contributed by atoms with Crippen LogP contribution < -0.4 is 10.5 Å². The first-order valence-electron chi connectivity index (χ1n) is 6.20. The largest absolute Gasteiger partial charge is 0.487 e. The summed E-state index contributed by atoms with van der Waals surface area (Å²) in [6.07, 6.45) is 2.27. The minimum Gasteiger partial charge on any atom is -0.487 e. The molecule has 5 heteroatoms. The molecule has 0 saturated carbocycles. The van der Waals surface area contributed by atoms with E-state index in [2.05, 4.69) is 4.98 Å². The Balaban J connectivity index is 2.21. The predicted octanol–water partition coefficient (Wildman–Crippen LogP) is 2.69. The number of pyridine rings is 1. The zero-order valence-electron chi connectivity index (χ0n) is 10.8. The number of rotatable bonds is 5. The van der Waals surface area contributed by atoms with E-state index >= 15 is 0 Å². The van der Waals surface area contributed by atoms with Crippen molar-refractivity contribution in [2.24, 2.45) is 5.73 Å². The molecular formula is C15H14ClN3O. The van der Waals surface area contributed by atoms with E-state index in [4.69, 9.17) is 27.3 Å². The molecule has 1 heterocycles. The Hall–Kier alpha value is -2.09. The van der Waals surface area contributed by atoms with E-state index in [9.17, 15) is 0 Å². The lowest BCUT2D eigenvalue weighted by Gasteiger charge is -2.13. The maximum absolute atomic E-state index is 9.00. The molecule has 4 nitrogen and oxygen atoms in total. The highest BCUT2D eigenvalue weighted by atomic mass is 35.5. The standard InChI is InChI=1S/C15H14ClN3O/c16-13-5-1-3-11(6-7-17)15(13)20-10-12-4-2-8-19-14(12)9-18/h1-5,8H,6-7,10,17H2. The molecular weight excluding hydrogens is 274 g/mol. The minimum absolute atomic E-state index is 0.248. The van der Waals surface area contributed by atoms with Gasteiger partial charge in [-0.15, -0.1) is 0 Å². The van der Waals surface area contributed by atoms with Crippen LogP contribution in [0.15, 0.2) is 36.5 Å². The number of halogens is 1. The number of hydrogen-bond acceptors (Lipinski definition) is 4. The quantitative estimate of drug-likeness (QED) is 0.918. The van der Waals surface area contributed by atoms with Crippen LogP contribution in [0.5, 0.6) is 5.75 Å². The van der Waals surface area contributed by atoms with Crippen molar-refractivity contribution >= 4 is 11.6 Å². The molecule has 102 valence electrons. The molecule has 2 N–H and O–H groups in total. The lowest BCUT2D eigenvalue weighted by atomic mass is 10.1. The molecule has 0 unspecified atom stereocenters. The van der Waals surface area contributed by atoms with Crippen molar-refractivity contribution in [3.63, 3.8) is 0 Å². The molecule has 0 radical (unpaired) electrons. The molecule has 1 aromatic heterocycles. The molecule has 0 aliphatic heterocycles. The van der Waals surface area contributed by atoms with Crippen molar-refractivity contribution in [2.45, 2.75) is 13.0 Å². The molecule has 0 bridgehead atoms. The third kappa shape index (κ3) is 3.27. The van der Waals surface area contributed by atoms with Crippen LogP contribution in [0.4, 0.5) is 0 Å². The second kappa shape index (κ2) is 6.90. The van der Waals surface area contributed by atoms with Gasteiger partial charge >= 0.3 is 0 Å². The lowest BCUT2D eigenvalue weighted by molar-refractivity contribution is 0.302. The fraction of sp³-hybridized carbons (Fsp3) is 0.200. The van der Waals surface area contributed by atoms with Gasteiger partial charge in [0, 0.05) is 11.8 Å². The lowest BCUT2D eigenvalue weighted by Crippen LogP contribution is -2.06. The molecule has 0 spiro atoms. The number of benzene rings is 1. The summed E-state index contributed by atoms with van der Waals surface area (Å²) < 4.78 is 5.77. The molecule has 2 aromatic rings. The number of hydrogen-bond donors (Lipinski definition) is 1. The molecule has 0 amide bonds. The molecule has 0 aliphatic rings. The Bertz CT molecular complexity index is 637. The molecule has 0 atom stereocenters. The smallest absolute Gasteiger partial charge is 0.147 e. The highest BCUT2D eigenvalue weighted by Crippen LogP contribution is 2.29. The zero-order chi connectivity index (χ0) is 14.4. The topological polar surface area (TPSA) is 71.9 Å². The number of nitrogens with zero attached hydrogens (tertiary/aromatic N) is 2. The number of para-hydroxylation sites is 1. The van der Waals surface area contributed by atoms with Crippen molar-refractivity contribution in [1.29, 1.82) is 5.26 Å². The van der Waals surface area contributed by atoms with Crippen molar-refractivity contribution in [3.05, 3.63) is 58.4 Å². The van der Waals surface area contributed by atoms with Gasteiger partial charge in [-0.25, -0.2) is 4.98 Å². The fourth-order valence-electron chi connectivity index (χ4n) is 1.87. The van der Waals surface area contributed by atoms with Gasteiger partial charge in [-0.1, -0.05) is 29.8 Å². The van der Waals surface area contributed by atoms with Crippen molar-refractivity contribution in [1.82, 2.24) is 4.98 Å². The van der Waals surface area contributed by atoms with Gasteiger partial charge in [0.15, 0.2) is 0 Å². The first kappa shape index (κ1) is 14.3. The van der Waals surface area contributed by atoms with Crippen molar-refractivity contribution in [2.75, 3.05) is 6.54 Å². The molecule has 20 heavy (non-hydrogen) atoms. The van der Waals surface area contributed by atoms with Crippen LogP contribution in [0.3, 0.4) is 0 Å². The molecule has 1 aromatic carbocycles. The van der Waals surface area contributed by atoms with E-state index in [0.29, 0.717) is 29.4 Å². The summed E-state index contributed by atoms with van der Waals surface area (Å²) in [6.45, 7) is 0.769. The van der Waals surface area contributed by atoms with Crippen LogP contribution in [0.1, 0.15) is 16.8 Å². The number of nitrogens with two attached hydrogens (primary N) is 1. The Morgan fingerprint density at radius 1 is 1.25 bits per heavy atom. The van der Waals surface area contributed by atoms with Gasteiger partial charge in [-0.3, -0.25) is 0 Å². The van der Waals surface area contributed by atoms with Gasteiger partial charge < -0.3 is 10.5 Å². The number of aromatic nitrogens is 1. The Morgan fingerprint density at radius 2 is 2.05 bits per heavy atom. The SMILES string of the molecule is N#Cc1ncccc1COc1c(Cl)cccc1CCN. The Kier molecular flexibility index (Phi) is 4.94. The van der Waals surface area contributed by atoms with Gasteiger partial charge in [-0.2, -0.15) is 5.26 Å². The van der Waals surface area contributed by atoms with Gasteiger partial charge in [0.2, 0.25) is 0 Å². The first-order chi connectivity index (χ1) is 9.76. The average molecular weight is 288 g/mol. The highest BCUT2D eigenvalue weighted by Gasteiger charge is 2.10. The third-order valence-electron chi connectivity index (χ3n) is 2.83. The van der Waals surface area contributed by atoms with Crippen molar-refractivity contribution in [3.8, 4) is 11.8 Å². The Morgan fingerprint density at radius 3 is 2.80 bits per heavy atom. The van der Waals surface area contributed by atoms with Crippen LogP contribution >= 0.6 is 11.6 Å². The zero-order valence-corrected chi connectivity index (χ0v) is 11.6. The maximum atomic E-state index is 9.00. The normalized spacial score (nSPS) is 10.1. The van der Waals surface area contributed by atoms with E-state index in [-0.39, 0.29) is 6.61 Å². The van der Waals surface area contributed by atoms with E-state index in [0.717, 1.165) is 11.1 Å². The third-order valence-corrected chi connectivity index (χ3v) is 3.13. The van der Waals surface area contributed by atoms with Crippen molar-refractivity contribution < 1.29 is 4.74 Å². The number of ether oxygens (including phenoxy) is 1. The van der Waals surface area contributed by atoms with Crippen LogP contribution in [0.2, 0.25) is 5.02 Å². The predicted molar refractivity (Wildman–Crippen MR) is 77.5 cm³/mol. The minimum atomic E-state index is 0.248. The van der Waals surface area contributed by atoms with Crippen LogP contribution in [-0.2, 0) is 13.0 Å². The van der Waals surface area contributed by atoms with Gasteiger partial charge in [0.25, 0.3) is 0 Å². The van der Waals surface area contributed by atoms with Gasteiger partial charge in [0.05, 0.1) is 5.02 Å². The average Bonchev–Trinajstić information content (AvgIpc) is 2.47. The summed E-state index contributed by atoms with van der Waals surface area (Å²) in [4.78, 5) is 4.00. The first-order valence-corrected chi connectivity index (χ1v) is 6.58. The molecule has 0 fully saturated rings. The molecule has 0 saturated heterocycles. The second-order valence-electron chi connectivity index (χ2n) is 4.18. The summed E-state index contributed by atoms with van der Waals surface area (Å²) in [5, 5.41) is 9.54. The van der Waals surface area contributed by atoms with E-state index in [1.54, 1.807) is 18.3 Å². The summed E-state index contributed by atoms with van der Waals surface area (Å²) >= 11 is 6.16. The monoisotopic (exact) mass is 287 g/mol. The van der Waals surface area contributed by atoms with Crippen LogP contribution in [-0.4, -0.2) is 11.5 Å². The van der Waals surface area contributed by atoms with E-state index in [1.165, 1.54) is 0 Å². The fourth-order valence-corrected chi connectivity index (χ4v) is 2.12. The number of nitriles is 1. The summed E-state index contributed by atoms with van der Waals surface area (Å²) in [5.74, 6) is 0.618. The van der Waals surface area contributed by atoms with Gasteiger partial charge in [-0.05, 0) is 30.7 Å². The molecule has 2 rings (SSSR count). The van der Waals surface area contributed by atoms with E-state index < -0.39 is 0 Å². The van der Waals surface area contributed by atoms with Crippen LogP contribution in [0, 0.1) is 11.3 Å². The second-order valence-corrected chi connectivity index (χ2v) is 4.59. The van der Waals surface area contributed by atoms with E-state index in [1.807, 2.05) is 24.3 Å². The molecule has 0 aliphatic carbocycles. The highest BCUT2D eigenvalue weighted by molar-refractivity contribution is 6.32.